The molecule has 8 heavy (non-hydrogen) atoms. The van der Waals surface area contributed by atoms with E-state index in [1.165, 1.54) is 6.26 Å². The summed E-state index contributed by atoms with van der Waals surface area (Å²) in [6, 6.07) is 0. The molecule has 0 aliphatic carbocycles. The third kappa shape index (κ3) is 5.49. The first-order valence-corrected chi connectivity index (χ1v) is 3.17. The lowest BCUT2D eigenvalue weighted by Crippen LogP contribution is -1.76. The van der Waals surface area contributed by atoms with E-state index in [1.54, 1.807) is 13.8 Å². The van der Waals surface area contributed by atoms with Crippen LogP contribution in [-0.4, -0.2) is 8.42 Å². The molecule has 48 valence electrons. The number of thiol groups is 1. The Kier molecular flexibility index (Phi) is 3.26. The molecule has 0 N–H and O–H groups in total. The van der Waals surface area contributed by atoms with Crippen LogP contribution in [-0.2, 0) is 15.2 Å². The molecule has 3 nitrogen and oxygen atoms in total. The Morgan fingerprint density at radius 3 is 2.12 bits per heavy atom. The molecule has 0 aliphatic heterocycles. The lowest BCUT2D eigenvalue weighted by atomic mass is 10.4. The maximum Gasteiger partial charge on any atom is 0.298 e. The SMILES string of the molecule is CC(C)=CO[SH](=O)=O. The summed E-state index contributed by atoms with van der Waals surface area (Å²) < 4.78 is 23.4. The van der Waals surface area contributed by atoms with Crippen molar-refractivity contribution in [2.45, 2.75) is 13.8 Å². The van der Waals surface area contributed by atoms with Crippen molar-refractivity contribution in [3.63, 3.8) is 0 Å². The first-order chi connectivity index (χ1) is 3.63. The lowest BCUT2D eigenvalue weighted by molar-refractivity contribution is 0.463. The van der Waals surface area contributed by atoms with E-state index in [1.807, 2.05) is 0 Å². The molecular weight excluding hydrogens is 128 g/mol. The van der Waals surface area contributed by atoms with Crippen LogP contribution in [0.25, 0.3) is 0 Å². The highest BCUT2D eigenvalue weighted by atomic mass is 32.2. The minimum atomic E-state index is -2.71. The van der Waals surface area contributed by atoms with Crippen molar-refractivity contribution in [2.75, 3.05) is 0 Å². The summed E-state index contributed by atoms with van der Waals surface area (Å²) in [5, 5.41) is 0. The Balaban J connectivity index is 3.61. The molecule has 0 bridgehead atoms. The fourth-order valence-corrected chi connectivity index (χ4v) is 0.445. The summed E-state index contributed by atoms with van der Waals surface area (Å²) in [5.74, 6) is 0. The van der Waals surface area contributed by atoms with Gasteiger partial charge < -0.3 is 4.18 Å². The zero-order valence-corrected chi connectivity index (χ0v) is 5.64. The second-order valence-corrected chi connectivity index (χ2v) is 2.18. The number of allylic oxidation sites excluding steroid dienone is 1. The quantitative estimate of drug-likeness (QED) is 0.443. The van der Waals surface area contributed by atoms with Crippen molar-refractivity contribution in [1.29, 1.82) is 0 Å². The van der Waals surface area contributed by atoms with Crippen molar-refractivity contribution in [3.05, 3.63) is 11.8 Å². The number of hydrogen-bond acceptors (Lipinski definition) is 3. The second-order valence-electron chi connectivity index (χ2n) is 1.52. The average molecular weight is 136 g/mol. The molecule has 0 aromatic heterocycles. The molecular formula is C4H8O3S. The first kappa shape index (κ1) is 7.49. The summed E-state index contributed by atoms with van der Waals surface area (Å²) in [6.07, 6.45) is 1.19. The lowest BCUT2D eigenvalue weighted by Gasteiger charge is -1.85. The highest BCUT2D eigenvalue weighted by molar-refractivity contribution is 7.67. The summed E-state index contributed by atoms with van der Waals surface area (Å²) in [7, 11) is -2.71. The van der Waals surface area contributed by atoms with Gasteiger partial charge in [0.1, 0.15) is 6.26 Å². The van der Waals surface area contributed by atoms with Crippen LogP contribution in [0.2, 0.25) is 0 Å². The number of rotatable bonds is 2. The summed E-state index contributed by atoms with van der Waals surface area (Å²) in [6.45, 7) is 3.50. The van der Waals surface area contributed by atoms with Crippen molar-refractivity contribution in [1.82, 2.24) is 0 Å². The monoisotopic (exact) mass is 136 g/mol. The maximum atomic E-state index is 9.67. The van der Waals surface area contributed by atoms with Crippen LogP contribution in [0.3, 0.4) is 0 Å². The van der Waals surface area contributed by atoms with Gasteiger partial charge in [0.2, 0.25) is 0 Å². The normalized spacial score (nSPS) is 8.88. The van der Waals surface area contributed by atoms with Crippen LogP contribution in [0.1, 0.15) is 13.8 Å². The summed E-state index contributed by atoms with van der Waals surface area (Å²) in [5.41, 5.74) is 0.823. The van der Waals surface area contributed by atoms with Gasteiger partial charge in [-0.05, 0) is 19.4 Å². The van der Waals surface area contributed by atoms with Gasteiger partial charge in [-0.2, -0.15) is 8.42 Å². The van der Waals surface area contributed by atoms with E-state index in [0.717, 1.165) is 5.57 Å². The zero-order chi connectivity index (χ0) is 6.57. The van der Waals surface area contributed by atoms with Gasteiger partial charge in [0.15, 0.2) is 0 Å². The Hall–Kier alpha value is -0.510. The predicted molar refractivity (Wildman–Crippen MR) is 30.8 cm³/mol. The van der Waals surface area contributed by atoms with E-state index in [4.69, 9.17) is 0 Å². The molecule has 0 heterocycles. The summed E-state index contributed by atoms with van der Waals surface area (Å²) in [4.78, 5) is 0. The highest BCUT2D eigenvalue weighted by Crippen LogP contribution is 1.87. The topological polar surface area (TPSA) is 43.4 Å². The van der Waals surface area contributed by atoms with Crippen molar-refractivity contribution in [2.24, 2.45) is 0 Å². The fourth-order valence-electron chi connectivity index (χ4n) is 0.148. The van der Waals surface area contributed by atoms with E-state index < -0.39 is 11.0 Å². The molecule has 0 saturated heterocycles. The third-order valence-corrected chi connectivity index (χ3v) is 0.652. The summed E-state index contributed by atoms with van der Waals surface area (Å²) >= 11 is 0. The molecule has 0 aromatic rings. The van der Waals surface area contributed by atoms with Gasteiger partial charge >= 0.3 is 0 Å². The molecule has 0 fully saturated rings. The molecule has 0 aromatic carbocycles. The van der Waals surface area contributed by atoms with E-state index in [2.05, 4.69) is 4.18 Å². The van der Waals surface area contributed by atoms with Crippen LogP contribution >= 0.6 is 0 Å². The molecule has 0 spiro atoms. The number of hydrogen-bond donors (Lipinski definition) is 1. The molecule has 4 heteroatoms. The molecule has 0 saturated carbocycles. The Labute approximate surface area is 50.1 Å². The van der Waals surface area contributed by atoms with Crippen LogP contribution in [0.5, 0.6) is 0 Å². The van der Waals surface area contributed by atoms with Gasteiger partial charge in [-0.1, -0.05) is 0 Å². The van der Waals surface area contributed by atoms with Crippen molar-refractivity contribution >= 4 is 11.0 Å². The van der Waals surface area contributed by atoms with Gasteiger partial charge in [-0.3, -0.25) is 0 Å². The molecule has 0 rings (SSSR count). The van der Waals surface area contributed by atoms with Crippen LogP contribution in [0.15, 0.2) is 11.8 Å². The van der Waals surface area contributed by atoms with Gasteiger partial charge in [0.05, 0.1) is 0 Å². The fraction of sp³-hybridized carbons (Fsp3) is 0.500. The standard InChI is InChI=1S/C4H8O3S/c1-4(2)3-7-8(5)6/h3,8H,1-2H3. The first-order valence-electron chi connectivity index (χ1n) is 2.07. The zero-order valence-electron chi connectivity index (χ0n) is 4.75. The molecule has 0 amide bonds. The maximum absolute atomic E-state index is 9.67. The van der Waals surface area contributed by atoms with Gasteiger partial charge in [-0.15, -0.1) is 0 Å². The third-order valence-electron chi connectivity index (χ3n) is 0.374. The Morgan fingerprint density at radius 1 is 1.50 bits per heavy atom. The van der Waals surface area contributed by atoms with Crippen molar-refractivity contribution in [3.8, 4) is 0 Å². The van der Waals surface area contributed by atoms with Gasteiger partial charge in [0, 0.05) is 0 Å². The van der Waals surface area contributed by atoms with Crippen molar-refractivity contribution < 1.29 is 12.6 Å². The molecule has 0 unspecified atom stereocenters. The molecule has 0 atom stereocenters. The van der Waals surface area contributed by atoms with E-state index >= 15 is 0 Å². The van der Waals surface area contributed by atoms with E-state index in [9.17, 15) is 8.42 Å². The highest BCUT2D eigenvalue weighted by Gasteiger charge is 1.76. The average Bonchev–Trinajstić information content (AvgIpc) is 1.61. The Bertz CT molecular complexity index is 145. The van der Waals surface area contributed by atoms with Gasteiger partial charge in [0.25, 0.3) is 11.0 Å². The van der Waals surface area contributed by atoms with Crippen LogP contribution in [0.4, 0.5) is 0 Å². The largest absolute Gasteiger partial charge is 0.392 e. The van der Waals surface area contributed by atoms with Crippen LogP contribution < -0.4 is 0 Å². The van der Waals surface area contributed by atoms with Crippen LogP contribution in [0, 0.1) is 0 Å². The minimum absolute atomic E-state index is 0.823. The predicted octanol–water partition coefficient (Wildman–Crippen LogP) is 0.453. The Morgan fingerprint density at radius 2 is 2.00 bits per heavy atom. The minimum Gasteiger partial charge on any atom is -0.392 e. The van der Waals surface area contributed by atoms with E-state index in [0.29, 0.717) is 0 Å². The second kappa shape index (κ2) is 3.49. The van der Waals surface area contributed by atoms with E-state index in [-0.39, 0.29) is 0 Å². The molecule has 0 aliphatic rings. The molecule has 0 radical (unpaired) electrons. The van der Waals surface area contributed by atoms with Gasteiger partial charge in [-0.25, -0.2) is 0 Å². The smallest absolute Gasteiger partial charge is 0.298 e.